The molecular formula is C13H19N3O3. The van der Waals surface area contributed by atoms with Crippen molar-refractivity contribution in [3.8, 4) is 0 Å². The maximum atomic E-state index is 11.0. The molecule has 1 aliphatic heterocycles. The first-order valence-electron chi connectivity index (χ1n) is 6.53. The number of pyridine rings is 1. The van der Waals surface area contributed by atoms with Crippen LogP contribution in [0.5, 0.6) is 0 Å². The second kappa shape index (κ2) is 5.97. The van der Waals surface area contributed by atoms with E-state index in [9.17, 15) is 10.1 Å². The molecule has 19 heavy (non-hydrogen) atoms. The fourth-order valence-electron chi connectivity index (χ4n) is 2.35. The van der Waals surface area contributed by atoms with Gasteiger partial charge in [0.25, 0.3) is 0 Å². The molecule has 1 N–H and O–H groups in total. The molecule has 1 unspecified atom stereocenters. The van der Waals surface area contributed by atoms with Gasteiger partial charge in [0.2, 0.25) is 5.82 Å². The van der Waals surface area contributed by atoms with E-state index in [4.69, 9.17) is 4.74 Å². The number of nitro groups is 1. The Hall–Kier alpha value is -1.69. The van der Waals surface area contributed by atoms with E-state index < -0.39 is 0 Å². The highest BCUT2D eigenvalue weighted by molar-refractivity contribution is 5.57. The molecule has 0 aromatic carbocycles. The Labute approximate surface area is 112 Å². The minimum atomic E-state index is -0.390. The van der Waals surface area contributed by atoms with E-state index >= 15 is 0 Å². The first kappa shape index (κ1) is 13.7. The van der Waals surface area contributed by atoms with Crippen molar-refractivity contribution in [1.29, 1.82) is 0 Å². The molecule has 2 heterocycles. The number of ether oxygens (including phenoxy) is 1. The smallest absolute Gasteiger partial charge is 0.311 e. The zero-order chi connectivity index (χ0) is 13.8. The lowest BCUT2D eigenvalue weighted by molar-refractivity contribution is -0.384. The summed E-state index contributed by atoms with van der Waals surface area (Å²) in [5.41, 5.74) is 0.829. The average molecular weight is 265 g/mol. The normalized spacial score (nSPS) is 18.0. The molecule has 6 heteroatoms. The zero-order valence-corrected chi connectivity index (χ0v) is 11.3. The van der Waals surface area contributed by atoms with E-state index in [-0.39, 0.29) is 16.7 Å². The van der Waals surface area contributed by atoms with Crippen LogP contribution in [0.15, 0.2) is 12.3 Å². The SMILES string of the molecule is Cc1cnc(NC(C)C2CCOCC2)c([N+](=O)[O-])c1. The van der Waals surface area contributed by atoms with Gasteiger partial charge in [-0.05, 0) is 38.2 Å². The standard InChI is InChI=1S/C13H19N3O3/c1-9-7-12(16(17)18)13(14-8-9)15-10(2)11-3-5-19-6-4-11/h7-8,10-11H,3-6H2,1-2H3,(H,14,15). The topological polar surface area (TPSA) is 77.3 Å². The maximum absolute atomic E-state index is 11.0. The highest BCUT2D eigenvalue weighted by Gasteiger charge is 2.23. The van der Waals surface area contributed by atoms with Gasteiger partial charge in [0, 0.05) is 31.5 Å². The van der Waals surface area contributed by atoms with Gasteiger partial charge in [0.15, 0.2) is 0 Å². The van der Waals surface area contributed by atoms with Crippen molar-refractivity contribution in [2.45, 2.75) is 32.7 Å². The Balaban J connectivity index is 2.11. The van der Waals surface area contributed by atoms with Crippen molar-refractivity contribution in [1.82, 2.24) is 4.98 Å². The van der Waals surface area contributed by atoms with E-state index in [0.717, 1.165) is 31.6 Å². The first-order chi connectivity index (χ1) is 9.08. The van der Waals surface area contributed by atoms with Crippen LogP contribution in [0.3, 0.4) is 0 Å². The van der Waals surface area contributed by atoms with Crippen molar-refractivity contribution >= 4 is 11.5 Å². The Morgan fingerprint density at radius 2 is 2.21 bits per heavy atom. The Kier molecular flexibility index (Phi) is 4.31. The summed E-state index contributed by atoms with van der Waals surface area (Å²) in [6.07, 6.45) is 3.60. The third-order valence-electron chi connectivity index (χ3n) is 3.54. The highest BCUT2D eigenvalue weighted by Crippen LogP contribution is 2.26. The molecule has 1 aromatic heterocycles. The lowest BCUT2D eigenvalue weighted by atomic mass is 9.93. The summed E-state index contributed by atoms with van der Waals surface area (Å²) in [7, 11) is 0. The summed E-state index contributed by atoms with van der Waals surface area (Å²) in [5, 5.41) is 14.2. The lowest BCUT2D eigenvalue weighted by Gasteiger charge is -2.28. The van der Waals surface area contributed by atoms with Crippen molar-refractivity contribution in [2.75, 3.05) is 18.5 Å². The third-order valence-corrected chi connectivity index (χ3v) is 3.54. The number of aryl methyl sites for hydroxylation is 1. The van der Waals surface area contributed by atoms with Crippen molar-refractivity contribution in [3.63, 3.8) is 0 Å². The van der Waals surface area contributed by atoms with E-state index in [2.05, 4.69) is 10.3 Å². The van der Waals surface area contributed by atoms with Crippen molar-refractivity contribution in [2.24, 2.45) is 5.92 Å². The fraction of sp³-hybridized carbons (Fsp3) is 0.615. The van der Waals surface area contributed by atoms with E-state index in [1.165, 1.54) is 0 Å². The van der Waals surface area contributed by atoms with Crippen LogP contribution in [-0.2, 0) is 4.74 Å². The molecule has 104 valence electrons. The molecule has 1 aromatic rings. The summed E-state index contributed by atoms with van der Waals surface area (Å²) in [4.78, 5) is 14.8. The Morgan fingerprint density at radius 1 is 1.53 bits per heavy atom. The number of nitrogens with zero attached hydrogens (tertiary/aromatic N) is 2. The summed E-state index contributed by atoms with van der Waals surface area (Å²) in [6.45, 7) is 5.37. The number of aromatic nitrogens is 1. The summed E-state index contributed by atoms with van der Waals surface area (Å²) in [5.74, 6) is 0.825. The molecule has 2 rings (SSSR count). The maximum Gasteiger partial charge on any atom is 0.311 e. The quantitative estimate of drug-likeness (QED) is 0.668. The molecule has 1 saturated heterocycles. The van der Waals surface area contributed by atoms with Gasteiger partial charge < -0.3 is 10.1 Å². The van der Waals surface area contributed by atoms with Gasteiger partial charge in [-0.3, -0.25) is 10.1 Å². The van der Waals surface area contributed by atoms with Crippen LogP contribution in [0.2, 0.25) is 0 Å². The summed E-state index contributed by atoms with van der Waals surface area (Å²) < 4.78 is 5.33. The van der Waals surface area contributed by atoms with Gasteiger partial charge in [-0.15, -0.1) is 0 Å². The second-order valence-electron chi connectivity index (χ2n) is 5.02. The van der Waals surface area contributed by atoms with Gasteiger partial charge in [0.05, 0.1) is 4.92 Å². The van der Waals surface area contributed by atoms with Gasteiger partial charge in [-0.2, -0.15) is 0 Å². The summed E-state index contributed by atoms with van der Waals surface area (Å²) >= 11 is 0. The fourth-order valence-corrected chi connectivity index (χ4v) is 2.35. The molecule has 0 spiro atoms. The van der Waals surface area contributed by atoms with Gasteiger partial charge >= 0.3 is 5.69 Å². The minimum Gasteiger partial charge on any atom is -0.381 e. The molecule has 0 amide bonds. The van der Waals surface area contributed by atoms with Crippen LogP contribution in [0.25, 0.3) is 0 Å². The van der Waals surface area contributed by atoms with Crippen molar-refractivity contribution < 1.29 is 9.66 Å². The number of hydrogen-bond acceptors (Lipinski definition) is 5. The monoisotopic (exact) mass is 265 g/mol. The zero-order valence-electron chi connectivity index (χ0n) is 11.3. The Bertz CT molecular complexity index is 458. The van der Waals surface area contributed by atoms with Gasteiger partial charge in [-0.25, -0.2) is 4.98 Å². The van der Waals surface area contributed by atoms with Crippen LogP contribution >= 0.6 is 0 Å². The van der Waals surface area contributed by atoms with Crippen LogP contribution in [0.1, 0.15) is 25.3 Å². The van der Waals surface area contributed by atoms with E-state index in [0.29, 0.717) is 11.7 Å². The molecular weight excluding hydrogens is 246 g/mol. The Morgan fingerprint density at radius 3 is 2.84 bits per heavy atom. The molecule has 0 saturated carbocycles. The average Bonchev–Trinajstić information content (AvgIpc) is 2.41. The van der Waals surface area contributed by atoms with E-state index in [1.54, 1.807) is 19.2 Å². The summed E-state index contributed by atoms with van der Waals surface area (Å²) in [6, 6.07) is 1.70. The van der Waals surface area contributed by atoms with Crippen LogP contribution in [0, 0.1) is 23.0 Å². The molecule has 1 aliphatic rings. The van der Waals surface area contributed by atoms with Gasteiger partial charge in [0.1, 0.15) is 0 Å². The molecule has 0 radical (unpaired) electrons. The highest BCUT2D eigenvalue weighted by atomic mass is 16.6. The molecule has 6 nitrogen and oxygen atoms in total. The number of anilines is 1. The number of nitrogens with one attached hydrogen (secondary N) is 1. The second-order valence-corrected chi connectivity index (χ2v) is 5.02. The van der Waals surface area contributed by atoms with Crippen LogP contribution in [-0.4, -0.2) is 29.2 Å². The predicted molar refractivity (Wildman–Crippen MR) is 72.3 cm³/mol. The number of rotatable bonds is 4. The minimum absolute atomic E-state index is 0.0407. The predicted octanol–water partition coefficient (Wildman–Crippen LogP) is 2.53. The molecule has 0 bridgehead atoms. The van der Waals surface area contributed by atoms with E-state index in [1.807, 2.05) is 6.92 Å². The van der Waals surface area contributed by atoms with Gasteiger partial charge in [-0.1, -0.05) is 0 Å². The third kappa shape index (κ3) is 3.41. The van der Waals surface area contributed by atoms with Crippen molar-refractivity contribution in [3.05, 3.63) is 27.9 Å². The number of hydrogen-bond donors (Lipinski definition) is 1. The molecule has 1 fully saturated rings. The largest absolute Gasteiger partial charge is 0.381 e. The lowest BCUT2D eigenvalue weighted by Crippen LogP contribution is -2.31. The molecule has 1 atom stereocenters. The first-order valence-corrected chi connectivity index (χ1v) is 6.53. The van der Waals surface area contributed by atoms with Crippen LogP contribution < -0.4 is 5.32 Å². The van der Waals surface area contributed by atoms with Crippen LogP contribution in [0.4, 0.5) is 11.5 Å². The molecule has 0 aliphatic carbocycles.